The van der Waals surface area contributed by atoms with E-state index in [0.29, 0.717) is 34.3 Å². The first-order chi connectivity index (χ1) is 16.4. The Morgan fingerprint density at radius 1 is 0.971 bits per heavy atom. The largest absolute Gasteiger partial charge is 0.497 e. The van der Waals surface area contributed by atoms with Crippen LogP contribution in [0.2, 0.25) is 0 Å². The lowest BCUT2D eigenvalue weighted by Gasteiger charge is -2.10. The average molecular weight is 464 g/mol. The van der Waals surface area contributed by atoms with Crippen LogP contribution < -0.4 is 14.8 Å². The zero-order chi connectivity index (χ0) is 24.2. The number of anilines is 1. The second kappa shape index (κ2) is 9.51. The van der Waals surface area contributed by atoms with Crippen LogP contribution in [0.15, 0.2) is 69.5 Å². The number of carbonyl (C=O) groups excluding carboxylic acids is 1. The van der Waals surface area contributed by atoms with Crippen LogP contribution in [0.4, 0.5) is 11.4 Å². The van der Waals surface area contributed by atoms with E-state index in [2.05, 4.69) is 5.32 Å². The van der Waals surface area contributed by atoms with Crippen molar-refractivity contribution in [2.75, 3.05) is 19.5 Å². The number of benzene rings is 2. The minimum Gasteiger partial charge on any atom is -0.497 e. The van der Waals surface area contributed by atoms with Crippen molar-refractivity contribution in [1.82, 2.24) is 0 Å². The second-order valence-electron chi connectivity index (χ2n) is 7.10. The molecule has 174 valence electrons. The van der Waals surface area contributed by atoms with Crippen molar-refractivity contribution in [3.8, 4) is 34.1 Å². The van der Waals surface area contributed by atoms with Gasteiger partial charge in [-0.25, -0.2) is 0 Å². The van der Waals surface area contributed by atoms with Crippen molar-refractivity contribution in [2.45, 2.75) is 6.61 Å². The Balaban J connectivity index is 1.59. The molecule has 0 aliphatic carbocycles. The number of carbonyl (C=O) groups is 1. The molecule has 0 fully saturated rings. The number of furan rings is 2. The lowest BCUT2D eigenvalue weighted by Crippen LogP contribution is -2.10. The van der Waals surface area contributed by atoms with E-state index < -0.39 is 10.8 Å². The average Bonchev–Trinajstić information content (AvgIpc) is 3.53. The number of methoxy groups -OCH3 is 2. The molecule has 2 N–H and O–H groups in total. The molecule has 0 spiro atoms. The number of amides is 1. The summed E-state index contributed by atoms with van der Waals surface area (Å²) in [6.45, 7) is -0.244. The molecule has 0 bridgehead atoms. The number of nitrogens with one attached hydrogen (secondary N) is 1. The summed E-state index contributed by atoms with van der Waals surface area (Å²) in [6, 6.07) is 15.6. The predicted octanol–water partition coefficient (Wildman–Crippen LogP) is 4.88. The van der Waals surface area contributed by atoms with Gasteiger partial charge < -0.3 is 28.7 Å². The van der Waals surface area contributed by atoms with Crippen LogP contribution in [-0.4, -0.2) is 30.2 Å². The third-order valence-corrected chi connectivity index (χ3v) is 5.04. The van der Waals surface area contributed by atoms with Crippen LogP contribution in [-0.2, 0) is 6.61 Å². The lowest BCUT2D eigenvalue weighted by molar-refractivity contribution is -0.384. The number of aliphatic hydroxyl groups is 1. The molecule has 0 saturated carbocycles. The highest BCUT2D eigenvalue weighted by atomic mass is 16.6. The number of nitro benzene ring substituents is 1. The molecule has 0 radical (unpaired) electrons. The molecule has 2 aromatic carbocycles. The molecule has 10 nitrogen and oxygen atoms in total. The number of aliphatic hydroxyl groups excluding tert-OH is 1. The normalized spacial score (nSPS) is 10.7. The molecule has 0 aliphatic heterocycles. The van der Waals surface area contributed by atoms with Gasteiger partial charge in [-0.3, -0.25) is 14.9 Å². The third-order valence-electron chi connectivity index (χ3n) is 5.04. The first-order valence-corrected chi connectivity index (χ1v) is 10.1. The van der Waals surface area contributed by atoms with Crippen LogP contribution in [0.3, 0.4) is 0 Å². The van der Waals surface area contributed by atoms with Crippen LogP contribution in [0.25, 0.3) is 22.6 Å². The minimum atomic E-state index is -0.547. The molecule has 2 aromatic heterocycles. The van der Waals surface area contributed by atoms with Gasteiger partial charge in [0, 0.05) is 5.69 Å². The van der Waals surface area contributed by atoms with Gasteiger partial charge in [-0.15, -0.1) is 0 Å². The summed E-state index contributed by atoms with van der Waals surface area (Å²) in [5.74, 6) is 1.29. The standard InChI is InChI=1S/C24H20N2O8/c1-31-15-4-6-17(19(12-15)26(29)30)21-9-10-23(34-21)24(28)25-14-3-7-20(32-2)18(11-14)22-8-5-16(13-27)33-22/h3-12,27H,13H2,1-2H3,(H,25,28). The maximum absolute atomic E-state index is 12.8. The zero-order valence-electron chi connectivity index (χ0n) is 18.2. The van der Waals surface area contributed by atoms with Crippen LogP contribution in [0.5, 0.6) is 11.5 Å². The Labute approximate surface area is 193 Å². The summed E-state index contributed by atoms with van der Waals surface area (Å²) < 4.78 is 21.6. The number of rotatable bonds is 8. The van der Waals surface area contributed by atoms with Crippen molar-refractivity contribution < 1.29 is 33.1 Å². The van der Waals surface area contributed by atoms with E-state index >= 15 is 0 Å². The van der Waals surface area contributed by atoms with E-state index in [1.165, 1.54) is 38.5 Å². The van der Waals surface area contributed by atoms with E-state index in [0.717, 1.165) is 0 Å². The van der Waals surface area contributed by atoms with E-state index in [1.807, 2.05) is 0 Å². The maximum Gasteiger partial charge on any atom is 0.291 e. The Morgan fingerprint density at radius 2 is 1.74 bits per heavy atom. The molecular weight excluding hydrogens is 444 g/mol. The minimum absolute atomic E-state index is 0.0296. The van der Waals surface area contributed by atoms with Gasteiger partial charge in [-0.05, 0) is 54.6 Å². The number of nitro groups is 1. The molecule has 0 aliphatic rings. The fraction of sp³-hybridized carbons (Fsp3) is 0.125. The summed E-state index contributed by atoms with van der Waals surface area (Å²) in [5.41, 5.74) is 1.03. The summed E-state index contributed by atoms with van der Waals surface area (Å²) in [4.78, 5) is 23.7. The molecule has 0 saturated heterocycles. The van der Waals surface area contributed by atoms with E-state index in [-0.39, 0.29) is 29.4 Å². The second-order valence-corrected chi connectivity index (χ2v) is 7.10. The Kier molecular flexibility index (Phi) is 6.33. The van der Waals surface area contributed by atoms with E-state index in [4.69, 9.17) is 18.3 Å². The smallest absolute Gasteiger partial charge is 0.291 e. The Hall–Kier alpha value is -4.57. The molecule has 34 heavy (non-hydrogen) atoms. The van der Waals surface area contributed by atoms with Crippen molar-refractivity contribution in [2.24, 2.45) is 0 Å². The maximum atomic E-state index is 12.8. The summed E-state index contributed by atoms with van der Waals surface area (Å²) in [7, 11) is 2.92. The fourth-order valence-electron chi connectivity index (χ4n) is 3.38. The van der Waals surface area contributed by atoms with Crippen LogP contribution >= 0.6 is 0 Å². The molecule has 0 unspecified atom stereocenters. The predicted molar refractivity (Wildman–Crippen MR) is 122 cm³/mol. The van der Waals surface area contributed by atoms with Gasteiger partial charge >= 0.3 is 0 Å². The number of ether oxygens (including phenoxy) is 2. The van der Waals surface area contributed by atoms with Gasteiger partial charge in [0.15, 0.2) is 5.76 Å². The summed E-state index contributed by atoms with van der Waals surface area (Å²) >= 11 is 0. The fourth-order valence-corrected chi connectivity index (χ4v) is 3.38. The van der Waals surface area contributed by atoms with Crippen LogP contribution in [0.1, 0.15) is 16.3 Å². The quantitative estimate of drug-likeness (QED) is 0.278. The highest BCUT2D eigenvalue weighted by Gasteiger charge is 2.21. The van der Waals surface area contributed by atoms with E-state index in [9.17, 15) is 20.0 Å². The number of hydrogen-bond donors (Lipinski definition) is 2. The van der Waals surface area contributed by atoms with Crippen molar-refractivity contribution in [3.05, 3.63) is 82.3 Å². The highest BCUT2D eigenvalue weighted by Crippen LogP contribution is 2.36. The monoisotopic (exact) mass is 464 g/mol. The molecule has 2 heterocycles. The SMILES string of the molecule is COc1ccc(-c2ccc(C(=O)Nc3ccc(OC)c(-c4ccc(CO)o4)c3)o2)c([N+](=O)[O-])c1. The number of nitrogens with zero attached hydrogens (tertiary/aromatic N) is 1. The Morgan fingerprint density at radius 3 is 2.41 bits per heavy atom. The summed E-state index contributed by atoms with van der Waals surface area (Å²) in [6.07, 6.45) is 0. The molecule has 4 aromatic rings. The van der Waals surface area contributed by atoms with Gasteiger partial charge in [-0.1, -0.05) is 0 Å². The van der Waals surface area contributed by atoms with Crippen molar-refractivity contribution >= 4 is 17.3 Å². The number of hydrogen-bond acceptors (Lipinski definition) is 8. The van der Waals surface area contributed by atoms with Gasteiger partial charge in [0.1, 0.15) is 35.4 Å². The molecular formula is C24H20N2O8. The summed E-state index contributed by atoms with van der Waals surface area (Å²) in [5, 5.41) is 23.4. The lowest BCUT2D eigenvalue weighted by atomic mass is 10.1. The van der Waals surface area contributed by atoms with Gasteiger partial charge in [0.2, 0.25) is 0 Å². The molecule has 10 heteroatoms. The third kappa shape index (κ3) is 4.48. The Bertz CT molecular complexity index is 1350. The van der Waals surface area contributed by atoms with Gasteiger partial charge in [-0.2, -0.15) is 0 Å². The molecule has 4 rings (SSSR count). The van der Waals surface area contributed by atoms with Gasteiger partial charge in [0.05, 0.1) is 36.3 Å². The van der Waals surface area contributed by atoms with Gasteiger partial charge in [0.25, 0.3) is 11.6 Å². The van der Waals surface area contributed by atoms with Crippen molar-refractivity contribution in [1.29, 1.82) is 0 Å². The molecule has 0 atom stereocenters. The van der Waals surface area contributed by atoms with Crippen molar-refractivity contribution in [3.63, 3.8) is 0 Å². The zero-order valence-corrected chi connectivity index (χ0v) is 18.2. The topological polar surface area (TPSA) is 137 Å². The van der Waals surface area contributed by atoms with Crippen LogP contribution in [0, 0.1) is 10.1 Å². The van der Waals surface area contributed by atoms with E-state index in [1.54, 1.807) is 36.4 Å². The highest BCUT2D eigenvalue weighted by molar-refractivity contribution is 6.03. The first-order valence-electron chi connectivity index (χ1n) is 10.1. The molecule has 1 amide bonds. The first kappa shape index (κ1) is 22.6.